The van der Waals surface area contributed by atoms with Crippen molar-refractivity contribution in [2.75, 3.05) is 0 Å². The van der Waals surface area contributed by atoms with Crippen LogP contribution in [0.25, 0.3) is 5.82 Å². The van der Waals surface area contributed by atoms with Gasteiger partial charge in [0.1, 0.15) is 11.6 Å². The molecule has 112 valence electrons. The first-order valence-electron chi connectivity index (χ1n) is 7.15. The third-order valence-electron chi connectivity index (χ3n) is 3.24. The summed E-state index contributed by atoms with van der Waals surface area (Å²) in [7, 11) is 0. The van der Waals surface area contributed by atoms with Crippen LogP contribution in [0.1, 0.15) is 22.8 Å². The van der Waals surface area contributed by atoms with Crippen molar-refractivity contribution in [2.45, 2.75) is 27.7 Å². The number of benzene rings is 1. The molecule has 0 fully saturated rings. The predicted octanol–water partition coefficient (Wildman–Crippen LogP) is 3.69. The van der Waals surface area contributed by atoms with E-state index in [0.29, 0.717) is 17.5 Å². The first-order chi connectivity index (χ1) is 10.5. The Kier molecular flexibility index (Phi) is 3.63. The molecule has 0 aliphatic carbocycles. The molecule has 22 heavy (non-hydrogen) atoms. The van der Waals surface area contributed by atoms with E-state index in [1.807, 2.05) is 58.0 Å². The normalized spacial score (nSPS) is 10.7. The SMILES string of the molecule is Cc1cccc(Oc2cc(-n3nc(C)cc3C)nc(C)n2)c1. The minimum Gasteiger partial charge on any atom is -0.439 e. The Morgan fingerprint density at radius 3 is 2.45 bits per heavy atom. The highest BCUT2D eigenvalue weighted by atomic mass is 16.5. The van der Waals surface area contributed by atoms with Crippen LogP contribution in [0.15, 0.2) is 36.4 Å². The van der Waals surface area contributed by atoms with Gasteiger partial charge >= 0.3 is 0 Å². The lowest BCUT2D eigenvalue weighted by atomic mass is 10.2. The smallest absolute Gasteiger partial charge is 0.224 e. The zero-order chi connectivity index (χ0) is 15.7. The summed E-state index contributed by atoms with van der Waals surface area (Å²) in [6.07, 6.45) is 0. The molecule has 3 aromatic rings. The summed E-state index contributed by atoms with van der Waals surface area (Å²) >= 11 is 0. The van der Waals surface area contributed by atoms with Crippen LogP contribution in [0, 0.1) is 27.7 Å². The number of rotatable bonds is 3. The number of aryl methyl sites for hydroxylation is 4. The summed E-state index contributed by atoms with van der Waals surface area (Å²) < 4.78 is 7.66. The Morgan fingerprint density at radius 1 is 0.955 bits per heavy atom. The molecule has 0 spiro atoms. The lowest BCUT2D eigenvalue weighted by molar-refractivity contribution is 0.458. The van der Waals surface area contributed by atoms with E-state index in [9.17, 15) is 0 Å². The van der Waals surface area contributed by atoms with Crippen molar-refractivity contribution >= 4 is 0 Å². The second kappa shape index (κ2) is 5.60. The van der Waals surface area contributed by atoms with Gasteiger partial charge in [-0.2, -0.15) is 10.1 Å². The van der Waals surface area contributed by atoms with Crippen LogP contribution in [-0.2, 0) is 0 Å². The molecule has 2 aromatic heterocycles. The molecule has 5 nitrogen and oxygen atoms in total. The minimum atomic E-state index is 0.514. The van der Waals surface area contributed by atoms with Crippen LogP contribution < -0.4 is 4.74 Å². The fourth-order valence-electron chi connectivity index (χ4n) is 2.35. The lowest BCUT2D eigenvalue weighted by Crippen LogP contribution is -2.05. The molecule has 0 aliphatic heterocycles. The van der Waals surface area contributed by atoms with Gasteiger partial charge in [-0.25, -0.2) is 9.67 Å². The molecule has 0 bridgehead atoms. The van der Waals surface area contributed by atoms with Gasteiger partial charge in [0, 0.05) is 11.8 Å². The van der Waals surface area contributed by atoms with E-state index in [1.165, 1.54) is 0 Å². The summed E-state index contributed by atoms with van der Waals surface area (Å²) in [5.41, 5.74) is 3.12. The van der Waals surface area contributed by atoms with Crippen LogP contribution in [-0.4, -0.2) is 19.7 Å². The maximum absolute atomic E-state index is 5.86. The van der Waals surface area contributed by atoms with Gasteiger partial charge in [-0.1, -0.05) is 12.1 Å². The third-order valence-corrected chi connectivity index (χ3v) is 3.24. The van der Waals surface area contributed by atoms with Gasteiger partial charge in [0.15, 0.2) is 5.82 Å². The molecule has 0 saturated heterocycles. The van der Waals surface area contributed by atoms with Gasteiger partial charge in [0.05, 0.1) is 5.69 Å². The zero-order valence-corrected chi connectivity index (χ0v) is 13.2. The average molecular weight is 294 g/mol. The molecular formula is C17H18N4O. The lowest BCUT2D eigenvalue weighted by Gasteiger charge is -2.09. The first-order valence-corrected chi connectivity index (χ1v) is 7.15. The van der Waals surface area contributed by atoms with E-state index in [2.05, 4.69) is 15.1 Å². The molecule has 0 N–H and O–H groups in total. The van der Waals surface area contributed by atoms with Crippen molar-refractivity contribution in [3.8, 4) is 17.4 Å². The molecule has 0 atom stereocenters. The van der Waals surface area contributed by atoms with E-state index in [4.69, 9.17) is 4.74 Å². The van der Waals surface area contributed by atoms with Gasteiger partial charge < -0.3 is 4.74 Å². The summed E-state index contributed by atoms with van der Waals surface area (Å²) in [6.45, 7) is 7.83. The summed E-state index contributed by atoms with van der Waals surface area (Å²) in [5, 5.41) is 4.45. The first kappa shape index (κ1) is 14.3. The largest absolute Gasteiger partial charge is 0.439 e. The van der Waals surface area contributed by atoms with E-state index in [1.54, 1.807) is 10.7 Å². The number of ether oxygens (including phenoxy) is 1. The fraction of sp³-hybridized carbons (Fsp3) is 0.235. The number of nitrogens with zero attached hydrogens (tertiary/aromatic N) is 4. The monoisotopic (exact) mass is 294 g/mol. The van der Waals surface area contributed by atoms with Gasteiger partial charge in [-0.05, 0) is 51.5 Å². The Hall–Kier alpha value is -2.69. The highest BCUT2D eigenvalue weighted by Gasteiger charge is 2.09. The predicted molar refractivity (Wildman–Crippen MR) is 84.6 cm³/mol. The zero-order valence-electron chi connectivity index (χ0n) is 13.2. The second-order valence-electron chi connectivity index (χ2n) is 5.37. The fourth-order valence-corrected chi connectivity index (χ4v) is 2.35. The van der Waals surface area contributed by atoms with Crippen LogP contribution in [0.4, 0.5) is 0 Å². The van der Waals surface area contributed by atoms with Crippen molar-refractivity contribution in [2.24, 2.45) is 0 Å². The molecule has 1 aromatic carbocycles. The van der Waals surface area contributed by atoms with Crippen molar-refractivity contribution in [1.29, 1.82) is 0 Å². The molecule has 0 amide bonds. The summed E-state index contributed by atoms with van der Waals surface area (Å²) in [5.74, 6) is 2.63. The van der Waals surface area contributed by atoms with Crippen molar-refractivity contribution < 1.29 is 4.74 Å². The Labute approximate surface area is 129 Å². The highest BCUT2D eigenvalue weighted by Crippen LogP contribution is 2.22. The maximum atomic E-state index is 5.86. The van der Waals surface area contributed by atoms with Crippen molar-refractivity contribution in [3.63, 3.8) is 0 Å². The number of hydrogen-bond acceptors (Lipinski definition) is 4. The molecule has 3 rings (SSSR count). The highest BCUT2D eigenvalue weighted by molar-refractivity contribution is 5.35. The Bertz CT molecular complexity index is 823. The van der Waals surface area contributed by atoms with E-state index in [-0.39, 0.29) is 0 Å². The van der Waals surface area contributed by atoms with Gasteiger partial charge in [0.25, 0.3) is 0 Å². The van der Waals surface area contributed by atoms with Crippen LogP contribution >= 0.6 is 0 Å². The Morgan fingerprint density at radius 2 is 1.77 bits per heavy atom. The second-order valence-corrected chi connectivity index (χ2v) is 5.37. The molecule has 5 heteroatoms. The summed E-state index contributed by atoms with van der Waals surface area (Å²) in [4.78, 5) is 8.79. The molecule has 0 aliphatic rings. The van der Waals surface area contributed by atoms with Crippen molar-refractivity contribution in [1.82, 2.24) is 19.7 Å². The van der Waals surface area contributed by atoms with Crippen LogP contribution in [0.3, 0.4) is 0 Å². The van der Waals surface area contributed by atoms with E-state index >= 15 is 0 Å². The number of hydrogen-bond donors (Lipinski definition) is 0. The summed E-state index contributed by atoms with van der Waals surface area (Å²) in [6, 6.07) is 11.7. The van der Waals surface area contributed by atoms with Crippen LogP contribution in [0.2, 0.25) is 0 Å². The third kappa shape index (κ3) is 2.98. The van der Waals surface area contributed by atoms with Gasteiger partial charge in [-0.3, -0.25) is 0 Å². The molecule has 0 unspecified atom stereocenters. The van der Waals surface area contributed by atoms with E-state index < -0.39 is 0 Å². The number of aromatic nitrogens is 4. The topological polar surface area (TPSA) is 52.8 Å². The Balaban J connectivity index is 1.98. The van der Waals surface area contributed by atoms with Gasteiger partial charge in [-0.15, -0.1) is 0 Å². The van der Waals surface area contributed by atoms with Crippen molar-refractivity contribution in [3.05, 3.63) is 59.2 Å². The quantitative estimate of drug-likeness (QED) is 0.739. The minimum absolute atomic E-state index is 0.514. The van der Waals surface area contributed by atoms with Gasteiger partial charge in [0.2, 0.25) is 5.88 Å². The standard InChI is InChI=1S/C17H18N4O/c1-11-6-5-7-15(8-11)22-17-10-16(18-14(4)19-17)21-13(3)9-12(2)20-21/h5-10H,1-4H3. The van der Waals surface area contributed by atoms with E-state index in [0.717, 1.165) is 22.7 Å². The molecule has 0 radical (unpaired) electrons. The molecule has 0 saturated carbocycles. The average Bonchev–Trinajstić information content (AvgIpc) is 2.77. The maximum Gasteiger partial charge on any atom is 0.224 e. The molecule has 2 heterocycles. The molecular weight excluding hydrogens is 276 g/mol. The van der Waals surface area contributed by atoms with Crippen LogP contribution in [0.5, 0.6) is 11.6 Å².